The zero-order chi connectivity index (χ0) is 10.6. The molecule has 0 unspecified atom stereocenters. The Balaban J connectivity index is 3.24. The van der Waals surface area contributed by atoms with Crippen molar-refractivity contribution in [1.82, 2.24) is 0 Å². The lowest BCUT2D eigenvalue weighted by atomic mass is 10.1. The second-order valence-corrected chi connectivity index (χ2v) is 3.06. The van der Waals surface area contributed by atoms with Gasteiger partial charge in [-0.2, -0.15) is 0 Å². The first-order valence-electron chi connectivity index (χ1n) is 4.58. The summed E-state index contributed by atoms with van der Waals surface area (Å²) in [7, 11) is 3.35. The highest BCUT2D eigenvalue weighted by molar-refractivity contribution is 5.61. The SMILES string of the molecule is CC=Cc1cc(OC)c(C)cc1OC. The van der Waals surface area contributed by atoms with Crippen LogP contribution in [0.25, 0.3) is 6.08 Å². The zero-order valence-electron chi connectivity index (χ0n) is 9.13. The molecular weight excluding hydrogens is 176 g/mol. The van der Waals surface area contributed by atoms with E-state index in [1.165, 1.54) is 0 Å². The molecule has 76 valence electrons. The molecule has 0 atom stereocenters. The van der Waals surface area contributed by atoms with Gasteiger partial charge in [-0.1, -0.05) is 12.2 Å². The highest BCUT2D eigenvalue weighted by atomic mass is 16.5. The number of methoxy groups -OCH3 is 2. The quantitative estimate of drug-likeness (QED) is 0.732. The second kappa shape index (κ2) is 4.70. The minimum Gasteiger partial charge on any atom is -0.496 e. The van der Waals surface area contributed by atoms with Gasteiger partial charge in [0.1, 0.15) is 11.5 Å². The molecule has 1 rings (SSSR count). The van der Waals surface area contributed by atoms with Crippen molar-refractivity contribution < 1.29 is 9.47 Å². The van der Waals surface area contributed by atoms with Gasteiger partial charge in [-0.05, 0) is 31.5 Å². The Bertz CT molecular complexity index is 340. The van der Waals surface area contributed by atoms with Crippen molar-refractivity contribution in [3.8, 4) is 11.5 Å². The summed E-state index contributed by atoms with van der Waals surface area (Å²) in [5.74, 6) is 1.76. The Kier molecular flexibility index (Phi) is 3.57. The van der Waals surface area contributed by atoms with Gasteiger partial charge in [0.05, 0.1) is 14.2 Å². The summed E-state index contributed by atoms with van der Waals surface area (Å²) in [5.41, 5.74) is 2.12. The fourth-order valence-corrected chi connectivity index (χ4v) is 1.38. The molecule has 0 spiro atoms. The molecule has 0 saturated heterocycles. The van der Waals surface area contributed by atoms with Crippen molar-refractivity contribution in [1.29, 1.82) is 0 Å². The fourth-order valence-electron chi connectivity index (χ4n) is 1.38. The van der Waals surface area contributed by atoms with Crippen LogP contribution in [-0.4, -0.2) is 14.2 Å². The fraction of sp³-hybridized carbons (Fsp3) is 0.333. The van der Waals surface area contributed by atoms with Crippen LogP contribution in [0, 0.1) is 6.92 Å². The Morgan fingerprint density at radius 1 is 1.07 bits per heavy atom. The standard InChI is InChI=1S/C12H16O2/c1-5-6-10-8-11(13-3)9(2)7-12(10)14-4/h5-8H,1-4H3. The highest BCUT2D eigenvalue weighted by Crippen LogP contribution is 2.28. The van der Waals surface area contributed by atoms with E-state index in [4.69, 9.17) is 9.47 Å². The van der Waals surface area contributed by atoms with Gasteiger partial charge < -0.3 is 9.47 Å². The maximum atomic E-state index is 5.27. The number of ether oxygens (including phenoxy) is 2. The molecule has 0 aliphatic heterocycles. The first-order valence-corrected chi connectivity index (χ1v) is 4.58. The van der Waals surface area contributed by atoms with Crippen molar-refractivity contribution >= 4 is 6.08 Å². The molecule has 0 fully saturated rings. The lowest BCUT2D eigenvalue weighted by Gasteiger charge is -2.10. The van der Waals surface area contributed by atoms with E-state index in [0.29, 0.717) is 0 Å². The van der Waals surface area contributed by atoms with Crippen molar-refractivity contribution in [2.75, 3.05) is 14.2 Å². The minimum atomic E-state index is 0.876. The van der Waals surface area contributed by atoms with Crippen molar-refractivity contribution in [3.05, 3.63) is 29.3 Å². The maximum absolute atomic E-state index is 5.27. The monoisotopic (exact) mass is 192 g/mol. The summed E-state index contributed by atoms with van der Waals surface area (Å²) < 4.78 is 10.5. The normalized spacial score (nSPS) is 10.6. The van der Waals surface area contributed by atoms with E-state index < -0.39 is 0 Å². The summed E-state index contributed by atoms with van der Waals surface area (Å²) in [6.45, 7) is 3.98. The number of benzene rings is 1. The Morgan fingerprint density at radius 3 is 2.21 bits per heavy atom. The first kappa shape index (κ1) is 10.6. The summed E-state index contributed by atoms with van der Waals surface area (Å²) in [4.78, 5) is 0. The van der Waals surface area contributed by atoms with Crippen LogP contribution in [0.15, 0.2) is 18.2 Å². The largest absolute Gasteiger partial charge is 0.496 e. The Labute approximate surface area is 85.2 Å². The molecule has 14 heavy (non-hydrogen) atoms. The van der Waals surface area contributed by atoms with E-state index in [2.05, 4.69) is 0 Å². The van der Waals surface area contributed by atoms with Gasteiger partial charge >= 0.3 is 0 Å². The third kappa shape index (κ3) is 2.08. The molecule has 0 aliphatic carbocycles. The first-order chi connectivity index (χ1) is 6.72. The van der Waals surface area contributed by atoms with Gasteiger partial charge in [0.2, 0.25) is 0 Å². The van der Waals surface area contributed by atoms with Gasteiger partial charge in [-0.25, -0.2) is 0 Å². The van der Waals surface area contributed by atoms with Gasteiger partial charge in [-0.3, -0.25) is 0 Å². The Hall–Kier alpha value is -1.44. The number of rotatable bonds is 3. The van der Waals surface area contributed by atoms with Crippen molar-refractivity contribution in [2.45, 2.75) is 13.8 Å². The molecule has 0 heterocycles. The van der Waals surface area contributed by atoms with Gasteiger partial charge in [0.15, 0.2) is 0 Å². The molecule has 0 aromatic heterocycles. The number of aryl methyl sites for hydroxylation is 1. The van der Waals surface area contributed by atoms with Gasteiger partial charge in [0.25, 0.3) is 0 Å². The molecule has 2 nitrogen and oxygen atoms in total. The van der Waals surface area contributed by atoms with Crippen molar-refractivity contribution in [2.24, 2.45) is 0 Å². The lowest BCUT2D eigenvalue weighted by molar-refractivity contribution is 0.400. The van der Waals surface area contributed by atoms with Gasteiger partial charge in [-0.15, -0.1) is 0 Å². The average Bonchev–Trinajstić information content (AvgIpc) is 2.20. The molecule has 1 aromatic rings. The average molecular weight is 192 g/mol. The molecule has 0 aliphatic rings. The molecule has 2 heteroatoms. The number of allylic oxidation sites excluding steroid dienone is 1. The predicted molar refractivity (Wildman–Crippen MR) is 59.0 cm³/mol. The van der Waals surface area contributed by atoms with E-state index in [9.17, 15) is 0 Å². The molecular formula is C12H16O2. The van der Waals surface area contributed by atoms with Crippen LogP contribution < -0.4 is 9.47 Å². The summed E-state index contributed by atoms with van der Waals surface area (Å²) in [6, 6.07) is 3.96. The molecule has 0 amide bonds. The zero-order valence-corrected chi connectivity index (χ0v) is 9.13. The molecule has 1 aromatic carbocycles. The van der Waals surface area contributed by atoms with Crippen LogP contribution >= 0.6 is 0 Å². The summed E-state index contributed by atoms with van der Waals surface area (Å²) in [5, 5.41) is 0. The van der Waals surface area contributed by atoms with Crippen LogP contribution in [0.4, 0.5) is 0 Å². The number of hydrogen-bond acceptors (Lipinski definition) is 2. The van der Waals surface area contributed by atoms with Gasteiger partial charge in [0, 0.05) is 5.56 Å². The third-order valence-electron chi connectivity index (χ3n) is 2.09. The smallest absolute Gasteiger partial charge is 0.126 e. The molecule has 0 N–H and O–H groups in total. The van der Waals surface area contributed by atoms with Crippen LogP contribution in [0.2, 0.25) is 0 Å². The summed E-state index contributed by atoms with van der Waals surface area (Å²) >= 11 is 0. The van der Waals surface area contributed by atoms with E-state index in [-0.39, 0.29) is 0 Å². The van der Waals surface area contributed by atoms with E-state index >= 15 is 0 Å². The van der Waals surface area contributed by atoms with Crippen molar-refractivity contribution in [3.63, 3.8) is 0 Å². The second-order valence-electron chi connectivity index (χ2n) is 3.06. The number of hydrogen-bond donors (Lipinski definition) is 0. The highest BCUT2D eigenvalue weighted by Gasteiger charge is 2.05. The molecule has 0 radical (unpaired) electrons. The van der Waals surface area contributed by atoms with E-state index in [1.54, 1.807) is 14.2 Å². The lowest BCUT2D eigenvalue weighted by Crippen LogP contribution is -1.92. The van der Waals surface area contributed by atoms with Crippen LogP contribution in [0.1, 0.15) is 18.1 Å². The van der Waals surface area contributed by atoms with Crippen LogP contribution in [0.5, 0.6) is 11.5 Å². The van der Waals surface area contributed by atoms with Crippen LogP contribution in [0.3, 0.4) is 0 Å². The van der Waals surface area contributed by atoms with E-state index in [0.717, 1.165) is 22.6 Å². The minimum absolute atomic E-state index is 0.876. The molecule has 0 saturated carbocycles. The predicted octanol–water partition coefficient (Wildman–Crippen LogP) is 3.05. The van der Waals surface area contributed by atoms with Crippen LogP contribution in [-0.2, 0) is 0 Å². The van der Waals surface area contributed by atoms with E-state index in [1.807, 2.05) is 38.1 Å². The maximum Gasteiger partial charge on any atom is 0.126 e. The topological polar surface area (TPSA) is 18.5 Å². The third-order valence-corrected chi connectivity index (χ3v) is 2.09. The Morgan fingerprint density at radius 2 is 1.71 bits per heavy atom. The summed E-state index contributed by atoms with van der Waals surface area (Å²) in [6.07, 6.45) is 3.98. The molecule has 0 bridgehead atoms.